The predicted molar refractivity (Wildman–Crippen MR) is 51.3 cm³/mol. The maximum Gasteiger partial charge on any atom is 0.105 e. The molecule has 1 fully saturated rings. The molecule has 1 aliphatic heterocycles. The van der Waals surface area contributed by atoms with Crippen LogP contribution in [-0.2, 0) is 0 Å². The van der Waals surface area contributed by atoms with Gasteiger partial charge >= 0.3 is 0 Å². The average molecular weight is 230 g/mol. The van der Waals surface area contributed by atoms with Crippen LogP contribution in [0.3, 0.4) is 0 Å². The van der Waals surface area contributed by atoms with E-state index in [1.807, 2.05) is 6.26 Å². The zero-order valence-electron chi connectivity index (χ0n) is 6.85. The van der Waals surface area contributed by atoms with Crippen LogP contribution in [0.1, 0.15) is 24.3 Å². The van der Waals surface area contributed by atoms with E-state index in [4.69, 9.17) is 4.42 Å². The van der Waals surface area contributed by atoms with Crippen LogP contribution in [0.15, 0.2) is 21.4 Å². The van der Waals surface area contributed by atoms with Gasteiger partial charge in [-0.2, -0.15) is 0 Å². The van der Waals surface area contributed by atoms with Crippen LogP contribution in [-0.4, -0.2) is 13.1 Å². The van der Waals surface area contributed by atoms with Crippen LogP contribution in [0.2, 0.25) is 0 Å². The van der Waals surface area contributed by atoms with Crippen molar-refractivity contribution in [3.05, 3.63) is 22.6 Å². The number of nitrogens with one attached hydrogen (secondary N) is 1. The zero-order chi connectivity index (χ0) is 8.39. The Balaban J connectivity index is 2.13. The summed E-state index contributed by atoms with van der Waals surface area (Å²) in [7, 11) is 0. The fraction of sp³-hybridized carbons (Fsp3) is 0.556. The van der Waals surface area contributed by atoms with Crippen LogP contribution in [0.5, 0.6) is 0 Å². The lowest BCUT2D eigenvalue weighted by Gasteiger charge is -2.21. The molecule has 2 heterocycles. The predicted octanol–water partition coefficient (Wildman–Crippen LogP) is 2.51. The first-order valence-corrected chi connectivity index (χ1v) is 5.09. The molecule has 3 heteroatoms. The van der Waals surface area contributed by atoms with Gasteiger partial charge in [0.2, 0.25) is 0 Å². The van der Waals surface area contributed by atoms with E-state index in [-0.39, 0.29) is 0 Å². The van der Waals surface area contributed by atoms with Crippen molar-refractivity contribution >= 4 is 15.9 Å². The summed E-state index contributed by atoms with van der Waals surface area (Å²) in [4.78, 5) is 0. The Hall–Kier alpha value is -0.280. The number of hydrogen-bond donors (Lipinski definition) is 1. The summed E-state index contributed by atoms with van der Waals surface area (Å²) in [5, 5.41) is 3.39. The molecule has 0 saturated carbocycles. The molecule has 1 unspecified atom stereocenters. The Labute approximate surface area is 80.5 Å². The number of halogens is 1. The zero-order valence-corrected chi connectivity index (χ0v) is 8.43. The van der Waals surface area contributed by atoms with Gasteiger partial charge in [0.05, 0.1) is 10.7 Å². The van der Waals surface area contributed by atoms with Gasteiger partial charge in [-0.1, -0.05) is 0 Å². The quantitative estimate of drug-likeness (QED) is 0.801. The summed E-state index contributed by atoms with van der Waals surface area (Å²) < 4.78 is 6.23. The van der Waals surface area contributed by atoms with Crippen molar-refractivity contribution in [1.29, 1.82) is 0 Å². The largest absolute Gasteiger partial charge is 0.471 e. The highest BCUT2D eigenvalue weighted by Crippen LogP contribution is 2.30. The van der Waals surface area contributed by atoms with E-state index in [1.165, 1.54) is 18.4 Å². The van der Waals surface area contributed by atoms with Gasteiger partial charge in [-0.05, 0) is 35.3 Å². The number of furan rings is 1. The van der Waals surface area contributed by atoms with Crippen molar-refractivity contribution in [3.8, 4) is 0 Å². The maximum absolute atomic E-state index is 5.12. The van der Waals surface area contributed by atoms with Crippen LogP contribution in [0.4, 0.5) is 0 Å². The Morgan fingerprint density at radius 1 is 1.50 bits per heavy atom. The van der Waals surface area contributed by atoms with Crippen LogP contribution in [0, 0.1) is 0 Å². The maximum atomic E-state index is 5.12. The minimum atomic E-state index is 0.631. The van der Waals surface area contributed by atoms with Gasteiger partial charge in [-0.3, -0.25) is 0 Å². The number of piperidine rings is 1. The van der Waals surface area contributed by atoms with Crippen LogP contribution in [0.25, 0.3) is 0 Å². The molecule has 0 aliphatic carbocycles. The van der Waals surface area contributed by atoms with E-state index in [2.05, 4.69) is 21.2 Å². The van der Waals surface area contributed by atoms with E-state index < -0.39 is 0 Å². The van der Waals surface area contributed by atoms with Crippen molar-refractivity contribution in [2.45, 2.75) is 18.8 Å². The highest BCUT2D eigenvalue weighted by atomic mass is 79.9. The summed E-state index contributed by atoms with van der Waals surface area (Å²) in [6, 6.07) is 0. The average Bonchev–Trinajstić information content (AvgIpc) is 2.53. The Morgan fingerprint density at radius 3 is 3.00 bits per heavy atom. The van der Waals surface area contributed by atoms with Gasteiger partial charge in [-0.25, -0.2) is 0 Å². The fourth-order valence-corrected chi connectivity index (χ4v) is 2.23. The Bertz CT molecular complexity index is 253. The fourth-order valence-electron chi connectivity index (χ4n) is 1.70. The van der Waals surface area contributed by atoms with Crippen molar-refractivity contribution in [1.82, 2.24) is 5.32 Å². The minimum absolute atomic E-state index is 0.631. The van der Waals surface area contributed by atoms with Gasteiger partial charge in [-0.15, -0.1) is 0 Å². The van der Waals surface area contributed by atoms with Crippen LogP contribution < -0.4 is 5.32 Å². The summed E-state index contributed by atoms with van der Waals surface area (Å²) >= 11 is 3.48. The molecule has 0 bridgehead atoms. The molecular formula is C9H12BrNO. The van der Waals surface area contributed by atoms with Gasteiger partial charge in [0.15, 0.2) is 0 Å². The molecule has 0 radical (unpaired) electrons. The summed E-state index contributed by atoms with van der Waals surface area (Å²) in [5.74, 6) is 0.631. The molecule has 1 aromatic rings. The summed E-state index contributed by atoms with van der Waals surface area (Å²) in [5.41, 5.74) is 1.31. The Kier molecular flexibility index (Phi) is 2.51. The summed E-state index contributed by atoms with van der Waals surface area (Å²) in [6.07, 6.45) is 6.14. The first kappa shape index (κ1) is 8.32. The monoisotopic (exact) mass is 229 g/mol. The molecule has 1 atom stereocenters. The van der Waals surface area contributed by atoms with Gasteiger partial charge in [0, 0.05) is 18.0 Å². The van der Waals surface area contributed by atoms with E-state index in [9.17, 15) is 0 Å². The third-order valence-corrected chi connectivity index (χ3v) is 3.02. The third kappa shape index (κ3) is 1.57. The molecule has 1 aliphatic rings. The van der Waals surface area contributed by atoms with E-state index in [0.717, 1.165) is 17.6 Å². The first-order chi connectivity index (χ1) is 5.88. The lowest BCUT2D eigenvalue weighted by atomic mass is 9.94. The lowest BCUT2D eigenvalue weighted by molar-refractivity contribution is 0.456. The molecule has 0 amide bonds. The molecule has 0 spiro atoms. The van der Waals surface area contributed by atoms with Crippen molar-refractivity contribution in [2.75, 3.05) is 13.1 Å². The van der Waals surface area contributed by atoms with E-state index in [0.29, 0.717) is 5.92 Å². The van der Waals surface area contributed by atoms with Gasteiger partial charge in [0.1, 0.15) is 6.26 Å². The van der Waals surface area contributed by atoms with Gasteiger partial charge < -0.3 is 9.73 Å². The van der Waals surface area contributed by atoms with E-state index in [1.54, 1.807) is 6.26 Å². The topological polar surface area (TPSA) is 25.2 Å². The molecular weight excluding hydrogens is 218 g/mol. The lowest BCUT2D eigenvalue weighted by Crippen LogP contribution is -2.28. The molecule has 12 heavy (non-hydrogen) atoms. The minimum Gasteiger partial charge on any atom is -0.471 e. The standard InChI is InChI=1S/C9H12BrNO/c10-9-6-12-5-8(9)7-2-1-3-11-4-7/h5-7,11H,1-4H2. The molecule has 1 aromatic heterocycles. The highest BCUT2D eigenvalue weighted by Gasteiger charge is 2.18. The molecule has 66 valence electrons. The third-order valence-electron chi connectivity index (χ3n) is 2.38. The summed E-state index contributed by atoms with van der Waals surface area (Å²) in [6.45, 7) is 2.24. The molecule has 2 rings (SSSR count). The SMILES string of the molecule is Brc1cocc1C1CCCNC1. The molecule has 0 aromatic carbocycles. The van der Waals surface area contributed by atoms with Crippen molar-refractivity contribution in [3.63, 3.8) is 0 Å². The molecule has 1 saturated heterocycles. The Morgan fingerprint density at radius 2 is 2.42 bits per heavy atom. The number of rotatable bonds is 1. The normalized spacial score (nSPS) is 24.2. The second kappa shape index (κ2) is 3.62. The molecule has 2 nitrogen and oxygen atoms in total. The van der Waals surface area contributed by atoms with Crippen molar-refractivity contribution < 1.29 is 4.42 Å². The molecule has 1 N–H and O–H groups in total. The number of hydrogen-bond acceptors (Lipinski definition) is 2. The smallest absolute Gasteiger partial charge is 0.105 e. The van der Waals surface area contributed by atoms with Crippen molar-refractivity contribution in [2.24, 2.45) is 0 Å². The first-order valence-electron chi connectivity index (χ1n) is 4.30. The second-order valence-corrected chi connectivity index (χ2v) is 4.07. The van der Waals surface area contributed by atoms with Gasteiger partial charge in [0.25, 0.3) is 0 Å². The van der Waals surface area contributed by atoms with E-state index >= 15 is 0 Å². The van der Waals surface area contributed by atoms with Crippen LogP contribution >= 0.6 is 15.9 Å². The second-order valence-electron chi connectivity index (χ2n) is 3.22. The highest BCUT2D eigenvalue weighted by molar-refractivity contribution is 9.10.